The molecule has 1 unspecified atom stereocenters. The number of nitrogens with two attached hydrogens (primary N) is 1. The Bertz CT molecular complexity index is 385. The number of likely N-dealkylation sites (tertiary alicyclic amines) is 1. The molecule has 0 radical (unpaired) electrons. The van der Waals surface area contributed by atoms with Crippen LogP contribution in [0.1, 0.15) is 31.2 Å². The topological polar surface area (TPSA) is 59.2 Å². The number of piperidine rings is 1. The molecule has 0 bridgehead atoms. The Balaban J connectivity index is 1.96. The Morgan fingerprint density at radius 1 is 1.56 bits per heavy atom. The number of pyridine rings is 1. The van der Waals surface area contributed by atoms with Crippen molar-refractivity contribution in [3.63, 3.8) is 0 Å². The monoisotopic (exact) mass is 247 g/mol. The fraction of sp³-hybridized carbons (Fsp3) is 0.571. The average Bonchev–Trinajstić information content (AvgIpc) is 2.47. The largest absolute Gasteiger partial charge is 0.342 e. The van der Waals surface area contributed by atoms with E-state index in [1.807, 2.05) is 24.0 Å². The molecule has 0 saturated carbocycles. The minimum atomic E-state index is -0.104. The van der Waals surface area contributed by atoms with E-state index in [0.29, 0.717) is 5.92 Å². The highest BCUT2D eigenvalue weighted by molar-refractivity contribution is 5.83. The van der Waals surface area contributed by atoms with Crippen LogP contribution in [0, 0.1) is 5.92 Å². The van der Waals surface area contributed by atoms with Gasteiger partial charge in [-0.15, -0.1) is 0 Å². The number of aromatic nitrogens is 1. The minimum absolute atomic E-state index is 0.104. The maximum atomic E-state index is 12.4. The van der Waals surface area contributed by atoms with Gasteiger partial charge in [-0.3, -0.25) is 9.78 Å². The number of carbonyl (C=O) groups is 1. The van der Waals surface area contributed by atoms with Crippen LogP contribution in [-0.4, -0.2) is 35.4 Å². The van der Waals surface area contributed by atoms with Crippen LogP contribution >= 0.6 is 0 Å². The first-order chi connectivity index (χ1) is 8.72. The highest BCUT2D eigenvalue weighted by Gasteiger charge is 2.26. The molecule has 98 valence electrons. The molecule has 1 aliphatic heterocycles. The molecule has 1 atom stereocenters. The predicted octanol–water partition coefficient (Wildman–Crippen LogP) is 1.38. The van der Waals surface area contributed by atoms with Gasteiger partial charge in [0.05, 0.1) is 5.92 Å². The van der Waals surface area contributed by atoms with Crippen LogP contribution in [0.25, 0.3) is 0 Å². The maximum Gasteiger partial charge on any atom is 0.229 e. The quantitative estimate of drug-likeness (QED) is 0.878. The average molecular weight is 247 g/mol. The van der Waals surface area contributed by atoms with Gasteiger partial charge < -0.3 is 10.6 Å². The van der Waals surface area contributed by atoms with Crippen molar-refractivity contribution in [3.8, 4) is 0 Å². The van der Waals surface area contributed by atoms with E-state index in [1.54, 1.807) is 12.4 Å². The summed E-state index contributed by atoms with van der Waals surface area (Å²) in [6.45, 7) is 4.37. The minimum Gasteiger partial charge on any atom is -0.342 e. The van der Waals surface area contributed by atoms with Crippen molar-refractivity contribution in [3.05, 3.63) is 30.1 Å². The molecular weight excluding hydrogens is 226 g/mol. The third-order valence-electron chi connectivity index (χ3n) is 3.81. The molecule has 0 aliphatic carbocycles. The van der Waals surface area contributed by atoms with Crippen LogP contribution in [0.2, 0.25) is 0 Å². The standard InChI is InChI=1S/C14H21N3O/c1-11(13-3-2-6-16-10-13)14(18)17-7-4-12(9-15)5-8-17/h2-3,6,10-12H,4-5,7-9,15H2,1H3. The zero-order valence-electron chi connectivity index (χ0n) is 10.9. The van der Waals surface area contributed by atoms with E-state index >= 15 is 0 Å². The van der Waals surface area contributed by atoms with Crippen LogP contribution in [0.3, 0.4) is 0 Å². The van der Waals surface area contributed by atoms with Gasteiger partial charge >= 0.3 is 0 Å². The van der Waals surface area contributed by atoms with E-state index < -0.39 is 0 Å². The third kappa shape index (κ3) is 2.88. The maximum absolute atomic E-state index is 12.4. The van der Waals surface area contributed by atoms with Gasteiger partial charge in [0.2, 0.25) is 5.91 Å². The summed E-state index contributed by atoms with van der Waals surface area (Å²) in [5.74, 6) is 0.689. The number of amides is 1. The molecular formula is C14H21N3O. The fourth-order valence-electron chi connectivity index (χ4n) is 2.44. The van der Waals surface area contributed by atoms with Crippen molar-refractivity contribution in [1.82, 2.24) is 9.88 Å². The molecule has 0 spiro atoms. The molecule has 1 aromatic heterocycles. The third-order valence-corrected chi connectivity index (χ3v) is 3.81. The van der Waals surface area contributed by atoms with E-state index in [1.165, 1.54) is 0 Å². The highest BCUT2D eigenvalue weighted by atomic mass is 16.2. The summed E-state index contributed by atoms with van der Waals surface area (Å²) in [6.07, 6.45) is 5.56. The molecule has 1 fully saturated rings. The summed E-state index contributed by atoms with van der Waals surface area (Å²) in [6, 6.07) is 3.84. The molecule has 2 rings (SSSR count). The first-order valence-corrected chi connectivity index (χ1v) is 6.61. The lowest BCUT2D eigenvalue weighted by atomic mass is 9.95. The molecule has 4 heteroatoms. The molecule has 0 aromatic carbocycles. The van der Waals surface area contributed by atoms with E-state index in [4.69, 9.17) is 5.73 Å². The Labute approximate surface area is 108 Å². The van der Waals surface area contributed by atoms with Gasteiger partial charge in [-0.05, 0) is 43.9 Å². The van der Waals surface area contributed by atoms with Crippen molar-refractivity contribution >= 4 is 5.91 Å². The first kappa shape index (κ1) is 13.0. The second-order valence-corrected chi connectivity index (χ2v) is 5.01. The zero-order valence-corrected chi connectivity index (χ0v) is 10.9. The SMILES string of the molecule is CC(C(=O)N1CCC(CN)CC1)c1cccnc1. The summed E-state index contributed by atoms with van der Waals surface area (Å²) >= 11 is 0. The van der Waals surface area contributed by atoms with Gasteiger partial charge in [0.1, 0.15) is 0 Å². The van der Waals surface area contributed by atoms with Gasteiger partial charge in [-0.25, -0.2) is 0 Å². The number of carbonyl (C=O) groups excluding carboxylic acids is 1. The second-order valence-electron chi connectivity index (χ2n) is 5.01. The van der Waals surface area contributed by atoms with Gasteiger partial charge in [0.15, 0.2) is 0 Å². The van der Waals surface area contributed by atoms with Crippen LogP contribution in [0.5, 0.6) is 0 Å². The predicted molar refractivity (Wildman–Crippen MR) is 71.0 cm³/mol. The molecule has 2 heterocycles. The fourth-order valence-corrected chi connectivity index (χ4v) is 2.44. The smallest absolute Gasteiger partial charge is 0.229 e. The van der Waals surface area contributed by atoms with E-state index in [-0.39, 0.29) is 11.8 Å². The van der Waals surface area contributed by atoms with Crippen LogP contribution in [0.4, 0.5) is 0 Å². The molecule has 1 aromatic rings. The van der Waals surface area contributed by atoms with Gasteiger partial charge in [0.25, 0.3) is 0 Å². The van der Waals surface area contributed by atoms with E-state index in [0.717, 1.165) is 38.0 Å². The van der Waals surface area contributed by atoms with Crippen molar-refractivity contribution in [2.24, 2.45) is 11.7 Å². The summed E-state index contributed by atoms with van der Waals surface area (Å²) in [5, 5.41) is 0. The van der Waals surface area contributed by atoms with Crippen molar-refractivity contribution in [2.75, 3.05) is 19.6 Å². The zero-order chi connectivity index (χ0) is 13.0. The van der Waals surface area contributed by atoms with Crippen LogP contribution in [0.15, 0.2) is 24.5 Å². The van der Waals surface area contributed by atoms with Gasteiger partial charge in [-0.2, -0.15) is 0 Å². The van der Waals surface area contributed by atoms with Crippen molar-refractivity contribution in [1.29, 1.82) is 0 Å². The molecule has 1 aliphatic rings. The van der Waals surface area contributed by atoms with Crippen LogP contribution < -0.4 is 5.73 Å². The Morgan fingerprint density at radius 2 is 2.28 bits per heavy atom. The molecule has 1 amide bonds. The Kier molecular flexibility index (Phi) is 4.31. The molecule has 4 nitrogen and oxygen atoms in total. The molecule has 2 N–H and O–H groups in total. The lowest BCUT2D eigenvalue weighted by Crippen LogP contribution is -2.41. The Hall–Kier alpha value is -1.42. The second kappa shape index (κ2) is 5.96. The number of hydrogen-bond acceptors (Lipinski definition) is 3. The Morgan fingerprint density at radius 3 is 2.83 bits per heavy atom. The summed E-state index contributed by atoms with van der Waals surface area (Å²) in [4.78, 5) is 18.4. The van der Waals surface area contributed by atoms with E-state index in [9.17, 15) is 4.79 Å². The normalized spacial score (nSPS) is 18.7. The van der Waals surface area contributed by atoms with Gasteiger partial charge in [0, 0.05) is 25.5 Å². The van der Waals surface area contributed by atoms with Crippen LogP contribution in [-0.2, 0) is 4.79 Å². The number of hydrogen-bond donors (Lipinski definition) is 1. The molecule has 18 heavy (non-hydrogen) atoms. The lowest BCUT2D eigenvalue weighted by molar-refractivity contribution is -0.133. The summed E-state index contributed by atoms with van der Waals surface area (Å²) < 4.78 is 0. The van der Waals surface area contributed by atoms with E-state index in [2.05, 4.69) is 4.98 Å². The first-order valence-electron chi connectivity index (χ1n) is 6.61. The van der Waals surface area contributed by atoms with Crippen molar-refractivity contribution < 1.29 is 4.79 Å². The number of rotatable bonds is 3. The summed E-state index contributed by atoms with van der Waals surface area (Å²) in [7, 11) is 0. The van der Waals surface area contributed by atoms with Crippen molar-refractivity contribution in [2.45, 2.75) is 25.7 Å². The molecule has 1 saturated heterocycles. The highest BCUT2D eigenvalue weighted by Crippen LogP contribution is 2.21. The van der Waals surface area contributed by atoms with Gasteiger partial charge in [-0.1, -0.05) is 6.07 Å². The summed E-state index contributed by atoms with van der Waals surface area (Å²) in [5.41, 5.74) is 6.65. The number of nitrogens with zero attached hydrogens (tertiary/aromatic N) is 2. The lowest BCUT2D eigenvalue weighted by Gasteiger charge is -2.33.